The predicted octanol–water partition coefficient (Wildman–Crippen LogP) is 3.21. The van der Waals surface area contributed by atoms with Crippen molar-refractivity contribution in [2.75, 3.05) is 0 Å². The molecule has 0 atom stereocenters. The molecule has 2 rings (SSSR count). The molecule has 0 unspecified atom stereocenters. The van der Waals surface area contributed by atoms with Crippen LogP contribution < -0.4 is 0 Å². The van der Waals surface area contributed by atoms with Gasteiger partial charge < -0.3 is 4.90 Å². The van der Waals surface area contributed by atoms with E-state index >= 15 is 0 Å². The van der Waals surface area contributed by atoms with E-state index in [0.717, 1.165) is 22.9 Å². The summed E-state index contributed by atoms with van der Waals surface area (Å²) in [4.78, 5) is 12.7. The van der Waals surface area contributed by atoms with E-state index in [1.54, 1.807) is 0 Å². The van der Waals surface area contributed by atoms with E-state index in [1.165, 1.54) is 4.90 Å². The standard InChI is InChI=1S/C12H12BrF2NO/c13-10-4-2-1-3-8(10)7-16(9-5-6-9)12(17)11(14)15/h1-4,9,11H,5-7H2. The Balaban J connectivity index is 2.13. The highest BCUT2D eigenvalue weighted by molar-refractivity contribution is 9.10. The van der Waals surface area contributed by atoms with E-state index < -0.39 is 12.3 Å². The van der Waals surface area contributed by atoms with Crippen LogP contribution in [0.3, 0.4) is 0 Å². The Labute approximate surface area is 107 Å². The van der Waals surface area contributed by atoms with Gasteiger partial charge in [-0.3, -0.25) is 4.79 Å². The van der Waals surface area contributed by atoms with Crippen LogP contribution in [-0.4, -0.2) is 23.3 Å². The number of carbonyl (C=O) groups is 1. The van der Waals surface area contributed by atoms with Crippen molar-refractivity contribution in [3.05, 3.63) is 34.3 Å². The lowest BCUT2D eigenvalue weighted by atomic mass is 10.2. The van der Waals surface area contributed by atoms with Gasteiger partial charge in [0.1, 0.15) is 0 Å². The molecule has 0 heterocycles. The molecule has 0 spiro atoms. The Bertz CT molecular complexity index is 421. The quantitative estimate of drug-likeness (QED) is 0.836. The number of amides is 1. The molecular formula is C12H12BrF2NO. The molecule has 1 saturated carbocycles. The van der Waals surface area contributed by atoms with Crippen molar-refractivity contribution >= 4 is 21.8 Å². The molecule has 1 fully saturated rings. The lowest BCUT2D eigenvalue weighted by Gasteiger charge is -2.22. The number of nitrogens with zero attached hydrogens (tertiary/aromatic N) is 1. The van der Waals surface area contributed by atoms with Crippen molar-refractivity contribution in [3.8, 4) is 0 Å². The maximum atomic E-state index is 12.5. The molecule has 1 aromatic carbocycles. The van der Waals surface area contributed by atoms with Crippen molar-refractivity contribution in [1.29, 1.82) is 0 Å². The molecule has 0 N–H and O–H groups in total. The fourth-order valence-corrected chi connectivity index (χ4v) is 2.12. The van der Waals surface area contributed by atoms with Gasteiger partial charge in [0.15, 0.2) is 0 Å². The maximum Gasteiger partial charge on any atom is 0.315 e. The van der Waals surface area contributed by atoms with Crippen molar-refractivity contribution < 1.29 is 13.6 Å². The van der Waals surface area contributed by atoms with Crippen LogP contribution in [0.15, 0.2) is 28.7 Å². The van der Waals surface area contributed by atoms with Gasteiger partial charge in [-0.05, 0) is 24.5 Å². The average Bonchev–Trinajstić information content (AvgIpc) is 3.11. The molecule has 0 radical (unpaired) electrons. The zero-order valence-corrected chi connectivity index (χ0v) is 10.7. The fourth-order valence-electron chi connectivity index (χ4n) is 1.71. The second kappa shape index (κ2) is 5.12. The van der Waals surface area contributed by atoms with Crippen molar-refractivity contribution in [3.63, 3.8) is 0 Å². The van der Waals surface area contributed by atoms with Crippen LogP contribution >= 0.6 is 15.9 Å². The largest absolute Gasteiger partial charge is 0.330 e. The minimum absolute atomic E-state index is 0.0105. The van der Waals surface area contributed by atoms with Gasteiger partial charge in [0.05, 0.1) is 0 Å². The molecule has 0 bridgehead atoms. The molecule has 1 aliphatic carbocycles. The summed E-state index contributed by atoms with van der Waals surface area (Å²) in [6, 6.07) is 7.34. The molecule has 2 nitrogen and oxygen atoms in total. The van der Waals surface area contributed by atoms with Gasteiger partial charge in [0, 0.05) is 17.1 Å². The Morgan fingerprint density at radius 3 is 2.59 bits per heavy atom. The highest BCUT2D eigenvalue weighted by atomic mass is 79.9. The third-order valence-corrected chi connectivity index (χ3v) is 3.53. The molecular weight excluding hydrogens is 292 g/mol. The number of halogens is 3. The fraction of sp³-hybridized carbons (Fsp3) is 0.417. The third kappa shape index (κ3) is 3.03. The number of alkyl halides is 2. The molecule has 1 aliphatic rings. The first kappa shape index (κ1) is 12.5. The molecule has 0 saturated heterocycles. The summed E-state index contributed by atoms with van der Waals surface area (Å²) in [6.45, 7) is 0.245. The summed E-state index contributed by atoms with van der Waals surface area (Å²) >= 11 is 3.35. The Hall–Kier alpha value is -0.970. The Morgan fingerprint density at radius 1 is 1.41 bits per heavy atom. The van der Waals surface area contributed by atoms with Crippen LogP contribution in [-0.2, 0) is 11.3 Å². The number of hydrogen-bond acceptors (Lipinski definition) is 1. The second-order valence-corrected chi connectivity index (χ2v) is 4.94. The second-order valence-electron chi connectivity index (χ2n) is 4.09. The predicted molar refractivity (Wildman–Crippen MR) is 63.7 cm³/mol. The Kier molecular flexibility index (Phi) is 3.76. The van der Waals surface area contributed by atoms with Crippen molar-refractivity contribution in [1.82, 2.24) is 4.90 Å². The van der Waals surface area contributed by atoms with E-state index in [0.29, 0.717) is 0 Å². The summed E-state index contributed by atoms with van der Waals surface area (Å²) < 4.78 is 25.8. The van der Waals surface area contributed by atoms with E-state index in [2.05, 4.69) is 15.9 Å². The van der Waals surface area contributed by atoms with E-state index in [9.17, 15) is 13.6 Å². The van der Waals surface area contributed by atoms with E-state index in [4.69, 9.17) is 0 Å². The minimum atomic E-state index is -2.92. The van der Waals surface area contributed by atoms with Crippen LogP contribution in [0.5, 0.6) is 0 Å². The molecule has 1 aromatic rings. The molecule has 0 aliphatic heterocycles. The van der Waals surface area contributed by atoms with Crippen LogP contribution in [0.4, 0.5) is 8.78 Å². The smallest absolute Gasteiger partial charge is 0.315 e. The average molecular weight is 304 g/mol. The van der Waals surface area contributed by atoms with Crippen LogP contribution in [0.2, 0.25) is 0 Å². The van der Waals surface area contributed by atoms with Gasteiger partial charge in [-0.25, -0.2) is 0 Å². The van der Waals surface area contributed by atoms with Crippen LogP contribution in [0.1, 0.15) is 18.4 Å². The van der Waals surface area contributed by atoms with Gasteiger partial charge >= 0.3 is 6.43 Å². The summed E-state index contributed by atoms with van der Waals surface area (Å²) in [6.07, 6.45) is -1.27. The minimum Gasteiger partial charge on any atom is -0.330 e. The third-order valence-electron chi connectivity index (χ3n) is 2.76. The van der Waals surface area contributed by atoms with Gasteiger partial charge in [-0.2, -0.15) is 8.78 Å². The van der Waals surface area contributed by atoms with Crippen molar-refractivity contribution in [2.24, 2.45) is 0 Å². The Morgan fingerprint density at radius 2 is 2.06 bits per heavy atom. The number of rotatable bonds is 4. The summed E-state index contributed by atoms with van der Waals surface area (Å²) in [7, 11) is 0. The van der Waals surface area contributed by atoms with Crippen molar-refractivity contribution in [2.45, 2.75) is 31.9 Å². The number of carbonyl (C=O) groups excluding carboxylic acids is 1. The van der Waals surface area contributed by atoms with E-state index in [-0.39, 0.29) is 12.6 Å². The number of benzene rings is 1. The SMILES string of the molecule is O=C(C(F)F)N(Cc1ccccc1Br)C1CC1. The maximum absolute atomic E-state index is 12.5. The van der Waals surface area contributed by atoms with Crippen LogP contribution in [0.25, 0.3) is 0 Å². The molecule has 5 heteroatoms. The topological polar surface area (TPSA) is 20.3 Å². The molecule has 1 amide bonds. The van der Waals surface area contributed by atoms with Gasteiger partial charge in [0.25, 0.3) is 5.91 Å². The highest BCUT2D eigenvalue weighted by Crippen LogP contribution is 2.30. The molecule has 0 aromatic heterocycles. The lowest BCUT2D eigenvalue weighted by Crippen LogP contribution is -2.36. The van der Waals surface area contributed by atoms with Gasteiger partial charge in [-0.15, -0.1) is 0 Å². The summed E-state index contributed by atoms with van der Waals surface area (Å²) in [5.41, 5.74) is 0.855. The molecule has 92 valence electrons. The first-order valence-corrected chi connectivity index (χ1v) is 6.21. The molecule has 17 heavy (non-hydrogen) atoms. The van der Waals surface area contributed by atoms with Gasteiger partial charge in [-0.1, -0.05) is 34.1 Å². The summed E-state index contributed by atoms with van der Waals surface area (Å²) in [5.74, 6) is -1.07. The highest BCUT2D eigenvalue weighted by Gasteiger charge is 2.36. The zero-order valence-electron chi connectivity index (χ0n) is 9.07. The monoisotopic (exact) mass is 303 g/mol. The summed E-state index contributed by atoms with van der Waals surface area (Å²) in [5, 5.41) is 0. The van der Waals surface area contributed by atoms with Gasteiger partial charge in [0.2, 0.25) is 0 Å². The van der Waals surface area contributed by atoms with E-state index in [1.807, 2.05) is 24.3 Å². The number of hydrogen-bond donors (Lipinski definition) is 0. The first-order valence-electron chi connectivity index (χ1n) is 5.41. The normalized spacial score (nSPS) is 15.1. The first-order chi connectivity index (χ1) is 8.09. The zero-order chi connectivity index (χ0) is 12.4. The van der Waals surface area contributed by atoms with Crippen LogP contribution in [0, 0.1) is 0 Å². The lowest BCUT2D eigenvalue weighted by molar-refractivity contribution is -0.144.